The quantitative estimate of drug-likeness (QED) is 0.725. The fourth-order valence-electron chi connectivity index (χ4n) is 1.36. The van der Waals surface area contributed by atoms with E-state index in [0.717, 1.165) is 0 Å². The molecular weight excluding hydrogens is 264 g/mol. The third-order valence-electron chi connectivity index (χ3n) is 2.33. The van der Waals surface area contributed by atoms with Crippen molar-refractivity contribution in [2.45, 2.75) is 0 Å². The topological polar surface area (TPSA) is 93.7 Å². The van der Waals surface area contributed by atoms with Gasteiger partial charge in [0.2, 0.25) is 5.91 Å². The molecule has 1 aromatic rings. The molecule has 0 aliphatic carbocycles. The van der Waals surface area contributed by atoms with Crippen molar-refractivity contribution in [3.05, 3.63) is 29.8 Å². The normalized spacial score (nSPS) is 9.70. The maximum Gasteiger partial charge on any atom is 0.325 e. The summed E-state index contributed by atoms with van der Waals surface area (Å²) in [5.41, 5.74) is 0.926. The molecule has 2 amide bonds. The predicted octanol–water partition coefficient (Wildman–Crippen LogP) is 0.174. The minimum absolute atomic E-state index is 0.0403. The van der Waals surface area contributed by atoms with Gasteiger partial charge in [-0.2, -0.15) is 0 Å². The number of carbonyl (C=O) groups excluding carboxylic acids is 3. The van der Waals surface area contributed by atoms with Crippen molar-refractivity contribution >= 4 is 23.5 Å². The Morgan fingerprint density at radius 1 is 1.10 bits per heavy atom. The summed E-state index contributed by atoms with van der Waals surface area (Å²) in [6, 6.07) is 6.24. The maximum atomic E-state index is 11.7. The van der Waals surface area contributed by atoms with E-state index in [4.69, 9.17) is 0 Å². The number of hydrogen-bond acceptors (Lipinski definition) is 5. The smallest absolute Gasteiger partial charge is 0.325 e. The molecule has 0 spiro atoms. The van der Waals surface area contributed by atoms with Crippen molar-refractivity contribution in [3.63, 3.8) is 0 Å². The summed E-state index contributed by atoms with van der Waals surface area (Å²) in [5.74, 6) is -1.21. The van der Waals surface area contributed by atoms with Crippen LogP contribution in [0.1, 0.15) is 10.4 Å². The van der Waals surface area contributed by atoms with Crippen molar-refractivity contribution in [2.24, 2.45) is 0 Å². The Morgan fingerprint density at radius 2 is 1.75 bits per heavy atom. The molecule has 0 radical (unpaired) electrons. The molecule has 0 atom stereocenters. The van der Waals surface area contributed by atoms with Gasteiger partial charge in [0.25, 0.3) is 5.91 Å². The van der Waals surface area contributed by atoms with Gasteiger partial charge in [0.05, 0.1) is 7.11 Å². The minimum atomic E-state index is -0.526. The van der Waals surface area contributed by atoms with Crippen LogP contribution in [-0.2, 0) is 19.1 Å². The number of hydrogen-bond donors (Lipinski definition) is 2. The van der Waals surface area contributed by atoms with Crippen LogP contribution >= 0.6 is 0 Å². The van der Waals surface area contributed by atoms with Gasteiger partial charge in [-0.3, -0.25) is 14.4 Å². The number of rotatable bonds is 6. The molecule has 2 N–H and O–H groups in total. The number of nitrogens with one attached hydrogen (secondary N) is 2. The van der Waals surface area contributed by atoms with Crippen LogP contribution < -0.4 is 10.6 Å². The summed E-state index contributed by atoms with van der Waals surface area (Å²) in [6.45, 7) is -0.233. The highest BCUT2D eigenvalue weighted by Gasteiger charge is 2.08. The van der Waals surface area contributed by atoms with E-state index in [0.29, 0.717) is 11.3 Å². The number of ether oxygens (including phenoxy) is 2. The molecule has 1 aromatic carbocycles. The fourth-order valence-corrected chi connectivity index (χ4v) is 1.36. The molecule has 0 aliphatic rings. The zero-order chi connectivity index (χ0) is 15.0. The van der Waals surface area contributed by atoms with Crippen LogP contribution in [0.5, 0.6) is 0 Å². The summed E-state index contributed by atoms with van der Waals surface area (Å²) in [6.07, 6.45) is 0. The highest BCUT2D eigenvalue weighted by Crippen LogP contribution is 2.09. The standard InChI is InChI=1S/C13H16N2O5/c1-19-8-11(16)15-10-5-3-9(4-6-10)13(18)14-7-12(17)20-2/h3-6H,7-8H2,1-2H3,(H,14,18)(H,15,16). The minimum Gasteiger partial charge on any atom is -0.468 e. The molecule has 7 nitrogen and oxygen atoms in total. The van der Waals surface area contributed by atoms with Gasteiger partial charge in [0.15, 0.2) is 0 Å². The van der Waals surface area contributed by atoms with Crippen molar-refractivity contribution in [3.8, 4) is 0 Å². The van der Waals surface area contributed by atoms with E-state index in [-0.39, 0.29) is 19.1 Å². The molecule has 0 saturated carbocycles. The fraction of sp³-hybridized carbons (Fsp3) is 0.308. The predicted molar refractivity (Wildman–Crippen MR) is 71.3 cm³/mol. The molecular formula is C13H16N2O5. The summed E-state index contributed by atoms with van der Waals surface area (Å²) < 4.78 is 9.09. The lowest BCUT2D eigenvalue weighted by atomic mass is 10.2. The molecule has 20 heavy (non-hydrogen) atoms. The van der Waals surface area contributed by atoms with E-state index < -0.39 is 11.9 Å². The van der Waals surface area contributed by atoms with Gasteiger partial charge in [-0.1, -0.05) is 0 Å². The lowest BCUT2D eigenvalue weighted by molar-refractivity contribution is -0.139. The number of methoxy groups -OCH3 is 2. The number of benzene rings is 1. The Bertz CT molecular complexity index is 484. The molecule has 0 saturated heterocycles. The Balaban J connectivity index is 2.55. The first-order valence-corrected chi connectivity index (χ1v) is 5.80. The number of amides is 2. The van der Waals surface area contributed by atoms with E-state index in [2.05, 4.69) is 20.1 Å². The highest BCUT2D eigenvalue weighted by atomic mass is 16.5. The second-order valence-electron chi connectivity index (χ2n) is 3.82. The lowest BCUT2D eigenvalue weighted by Gasteiger charge is -2.06. The first-order valence-electron chi connectivity index (χ1n) is 5.80. The van der Waals surface area contributed by atoms with E-state index in [1.807, 2.05) is 0 Å². The first kappa shape index (κ1) is 15.6. The van der Waals surface area contributed by atoms with E-state index in [1.54, 1.807) is 12.1 Å². The van der Waals surface area contributed by atoms with Gasteiger partial charge in [-0.15, -0.1) is 0 Å². The van der Waals surface area contributed by atoms with Gasteiger partial charge >= 0.3 is 5.97 Å². The van der Waals surface area contributed by atoms with Crippen LogP contribution in [0.15, 0.2) is 24.3 Å². The molecule has 0 unspecified atom stereocenters. The summed E-state index contributed by atoms with van der Waals surface area (Å²) in [5, 5.41) is 5.01. The number of esters is 1. The van der Waals surface area contributed by atoms with Gasteiger partial charge < -0.3 is 20.1 Å². The molecule has 0 bridgehead atoms. The average Bonchev–Trinajstić information content (AvgIpc) is 2.45. The Labute approximate surface area is 116 Å². The van der Waals surface area contributed by atoms with Crippen LogP contribution in [0, 0.1) is 0 Å². The second-order valence-corrected chi connectivity index (χ2v) is 3.82. The van der Waals surface area contributed by atoms with Crippen LogP contribution in [0.25, 0.3) is 0 Å². The Hall–Kier alpha value is -2.41. The van der Waals surface area contributed by atoms with Crippen LogP contribution in [0.3, 0.4) is 0 Å². The summed E-state index contributed by atoms with van der Waals surface area (Å²) in [4.78, 5) is 33.8. The largest absolute Gasteiger partial charge is 0.468 e. The van der Waals surface area contributed by atoms with Gasteiger partial charge in [-0.05, 0) is 24.3 Å². The number of carbonyl (C=O) groups is 3. The molecule has 108 valence electrons. The van der Waals surface area contributed by atoms with Crippen molar-refractivity contribution < 1.29 is 23.9 Å². The lowest BCUT2D eigenvalue weighted by Crippen LogP contribution is -2.30. The Kier molecular flexibility index (Phi) is 6.18. The van der Waals surface area contributed by atoms with Crippen LogP contribution in [-0.4, -0.2) is 45.2 Å². The number of anilines is 1. The zero-order valence-corrected chi connectivity index (χ0v) is 11.3. The summed E-state index contributed by atoms with van der Waals surface area (Å²) >= 11 is 0. The Morgan fingerprint density at radius 3 is 2.30 bits per heavy atom. The molecule has 0 fully saturated rings. The summed E-state index contributed by atoms with van der Waals surface area (Å²) in [7, 11) is 2.67. The van der Waals surface area contributed by atoms with E-state index >= 15 is 0 Å². The molecule has 0 aliphatic heterocycles. The molecule has 0 aromatic heterocycles. The second kappa shape index (κ2) is 7.90. The molecule has 7 heteroatoms. The van der Waals surface area contributed by atoms with Crippen molar-refractivity contribution in [2.75, 3.05) is 32.7 Å². The highest BCUT2D eigenvalue weighted by molar-refractivity contribution is 5.97. The molecule has 0 heterocycles. The first-order chi connectivity index (χ1) is 9.56. The van der Waals surface area contributed by atoms with E-state index in [9.17, 15) is 14.4 Å². The van der Waals surface area contributed by atoms with Gasteiger partial charge in [0, 0.05) is 18.4 Å². The monoisotopic (exact) mass is 280 g/mol. The van der Waals surface area contributed by atoms with Crippen molar-refractivity contribution in [1.82, 2.24) is 5.32 Å². The maximum absolute atomic E-state index is 11.7. The average molecular weight is 280 g/mol. The third-order valence-corrected chi connectivity index (χ3v) is 2.33. The van der Waals surface area contributed by atoms with Gasteiger partial charge in [0.1, 0.15) is 13.2 Å². The zero-order valence-electron chi connectivity index (χ0n) is 11.3. The van der Waals surface area contributed by atoms with Crippen LogP contribution in [0.2, 0.25) is 0 Å². The molecule has 1 rings (SSSR count). The van der Waals surface area contributed by atoms with E-state index in [1.165, 1.54) is 26.4 Å². The SMILES string of the molecule is COCC(=O)Nc1ccc(C(=O)NCC(=O)OC)cc1. The van der Waals surface area contributed by atoms with Gasteiger partial charge in [-0.25, -0.2) is 0 Å². The van der Waals surface area contributed by atoms with Crippen LogP contribution in [0.4, 0.5) is 5.69 Å². The van der Waals surface area contributed by atoms with Crippen molar-refractivity contribution in [1.29, 1.82) is 0 Å². The third kappa shape index (κ3) is 5.07.